The SMILES string of the molecule is Fc1ccccc1-c1nc(SCc2nc(-c3ccsc3)no2)n[nH]1. The minimum Gasteiger partial charge on any atom is -0.338 e. The van der Waals surface area contributed by atoms with Crippen LogP contribution in [0.15, 0.2) is 50.8 Å². The first-order valence-corrected chi connectivity index (χ1v) is 8.88. The first kappa shape index (κ1) is 15.0. The number of rotatable bonds is 5. The molecular formula is C15H10FN5OS2. The molecule has 1 aromatic carbocycles. The van der Waals surface area contributed by atoms with Gasteiger partial charge in [-0.05, 0) is 23.6 Å². The molecule has 6 nitrogen and oxygen atoms in total. The van der Waals surface area contributed by atoms with Gasteiger partial charge in [0.2, 0.25) is 16.9 Å². The number of hydrogen-bond donors (Lipinski definition) is 1. The van der Waals surface area contributed by atoms with E-state index in [-0.39, 0.29) is 5.82 Å². The first-order chi connectivity index (χ1) is 11.8. The summed E-state index contributed by atoms with van der Waals surface area (Å²) in [6.07, 6.45) is 0. The van der Waals surface area contributed by atoms with Crippen LogP contribution in [0.4, 0.5) is 4.39 Å². The van der Waals surface area contributed by atoms with Gasteiger partial charge in [-0.1, -0.05) is 29.1 Å². The van der Waals surface area contributed by atoms with Crippen LogP contribution < -0.4 is 0 Å². The Bertz CT molecular complexity index is 950. The van der Waals surface area contributed by atoms with E-state index in [2.05, 4.69) is 25.3 Å². The van der Waals surface area contributed by atoms with Crippen molar-refractivity contribution in [1.82, 2.24) is 25.3 Å². The highest BCUT2D eigenvalue weighted by Gasteiger charge is 2.13. The standard InChI is InChI=1S/C15H10FN5OS2/c16-11-4-2-1-3-10(11)14-18-15(20-19-14)24-8-12-17-13(21-22-12)9-5-6-23-7-9/h1-7H,8H2,(H,18,19,20). The molecule has 0 saturated carbocycles. The number of benzene rings is 1. The van der Waals surface area contributed by atoms with Crippen molar-refractivity contribution in [2.24, 2.45) is 0 Å². The zero-order valence-electron chi connectivity index (χ0n) is 12.1. The molecule has 1 N–H and O–H groups in total. The molecule has 24 heavy (non-hydrogen) atoms. The van der Waals surface area contributed by atoms with E-state index in [1.165, 1.54) is 17.8 Å². The van der Waals surface area contributed by atoms with Gasteiger partial charge in [-0.15, -0.1) is 5.10 Å². The molecule has 0 amide bonds. The van der Waals surface area contributed by atoms with E-state index in [1.54, 1.807) is 29.5 Å². The number of nitrogens with zero attached hydrogens (tertiary/aromatic N) is 4. The monoisotopic (exact) mass is 359 g/mol. The summed E-state index contributed by atoms with van der Waals surface area (Å²) in [6, 6.07) is 8.34. The van der Waals surface area contributed by atoms with Gasteiger partial charge in [-0.2, -0.15) is 16.3 Å². The van der Waals surface area contributed by atoms with Gasteiger partial charge in [0, 0.05) is 10.9 Å². The number of H-pyrrole nitrogens is 1. The minimum atomic E-state index is -0.345. The lowest BCUT2D eigenvalue weighted by atomic mass is 10.2. The third-order valence-corrected chi connectivity index (χ3v) is 4.68. The van der Waals surface area contributed by atoms with Gasteiger partial charge in [-0.3, -0.25) is 5.10 Å². The number of aromatic amines is 1. The summed E-state index contributed by atoms with van der Waals surface area (Å²) < 4.78 is 19.0. The summed E-state index contributed by atoms with van der Waals surface area (Å²) >= 11 is 2.91. The van der Waals surface area contributed by atoms with Crippen molar-refractivity contribution in [1.29, 1.82) is 0 Å². The van der Waals surface area contributed by atoms with Gasteiger partial charge in [0.15, 0.2) is 5.82 Å². The van der Waals surface area contributed by atoms with Crippen LogP contribution in [-0.4, -0.2) is 25.3 Å². The van der Waals surface area contributed by atoms with Crippen LogP contribution >= 0.6 is 23.1 Å². The Labute approximate surface area is 144 Å². The third kappa shape index (κ3) is 3.08. The van der Waals surface area contributed by atoms with Gasteiger partial charge in [0.25, 0.3) is 0 Å². The lowest BCUT2D eigenvalue weighted by molar-refractivity contribution is 0.391. The number of nitrogens with one attached hydrogen (secondary N) is 1. The minimum absolute atomic E-state index is 0.345. The quantitative estimate of drug-likeness (QED) is 0.542. The highest BCUT2D eigenvalue weighted by atomic mass is 32.2. The van der Waals surface area contributed by atoms with Gasteiger partial charge in [0.05, 0.1) is 11.3 Å². The zero-order valence-corrected chi connectivity index (χ0v) is 13.8. The zero-order chi connectivity index (χ0) is 16.4. The summed E-state index contributed by atoms with van der Waals surface area (Å²) in [7, 11) is 0. The van der Waals surface area contributed by atoms with Crippen LogP contribution in [-0.2, 0) is 5.75 Å². The molecule has 4 rings (SSSR count). The number of hydrogen-bond acceptors (Lipinski definition) is 7. The van der Waals surface area contributed by atoms with Crippen molar-refractivity contribution >= 4 is 23.1 Å². The van der Waals surface area contributed by atoms with E-state index in [9.17, 15) is 4.39 Å². The maximum atomic E-state index is 13.7. The van der Waals surface area contributed by atoms with Crippen molar-refractivity contribution in [2.45, 2.75) is 10.9 Å². The molecule has 120 valence electrons. The Kier molecular flexibility index (Phi) is 4.09. The summed E-state index contributed by atoms with van der Waals surface area (Å²) in [5, 5.41) is 15.2. The molecule has 0 aliphatic heterocycles. The van der Waals surface area contributed by atoms with Crippen molar-refractivity contribution in [2.75, 3.05) is 0 Å². The molecule has 9 heteroatoms. The van der Waals surface area contributed by atoms with E-state index >= 15 is 0 Å². The Balaban J connectivity index is 1.45. The highest BCUT2D eigenvalue weighted by Crippen LogP contribution is 2.25. The van der Waals surface area contributed by atoms with Crippen LogP contribution in [0, 0.1) is 5.82 Å². The van der Waals surface area contributed by atoms with Crippen LogP contribution in [0.5, 0.6) is 0 Å². The molecule has 3 heterocycles. The topological polar surface area (TPSA) is 80.5 Å². The van der Waals surface area contributed by atoms with Crippen LogP contribution in [0.3, 0.4) is 0 Å². The van der Waals surface area contributed by atoms with Crippen molar-refractivity contribution in [3.63, 3.8) is 0 Å². The Morgan fingerprint density at radius 1 is 1.21 bits per heavy atom. The van der Waals surface area contributed by atoms with Gasteiger partial charge < -0.3 is 4.52 Å². The van der Waals surface area contributed by atoms with Crippen molar-refractivity contribution < 1.29 is 8.91 Å². The molecule has 0 unspecified atom stereocenters. The maximum absolute atomic E-state index is 13.7. The number of aromatic nitrogens is 5. The lowest BCUT2D eigenvalue weighted by Gasteiger charge is -1.96. The van der Waals surface area contributed by atoms with E-state index < -0.39 is 0 Å². The molecule has 0 radical (unpaired) electrons. The molecule has 3 aromatic heterocycles. The van der Waals surface area contributed by atoms with Crippen LogP contribution in [0.1, 0.15) is 5.89 Å². The molecule has 0 aliphatic carbocycles. The predicted octanol–water partition coefficient (Wildman–Crippen LogP) is 4.01. The van der Waals surface area contributed by atoms with E-state index in [0.29, 0.717) is 34.0 Å². The summed E-state index contributed by atoms with van der Waals surface area (Å²) in [5.41, 5.74) is 1.31. The van der Waals surface area contributed by atoms with Crippen molar-refractivity contribution in [3.8, 4) is 22.8 Å². The predicted molar refractivity (Wildman–Crippen MR) is 88.9 cm³/mol. The first-order valence-electron chi connectivity index (χ1n) is 6.95. The van der Waals surface area contributed by atoms with Gasteiger partial charge in [0.1, 0.15) is 5.82 Å². The maximum Gasteiger partial charge on any atom is 0.237 e. The smallest absolute Gasteiger partial charge is 0.237 e. The summed E-state index contributed by atoms with van der Waals surface area (Å²) in [6.45, 7) is 0. The Hall–Kier alpha value is -2.52. The number of thioether (sulfide) groups is 1. The number of halogens is 1. The van der Waals surface area contributed by atoms with Gasteiger partial charge >= 0.3 is 0 Å². The molecule has 0 atom stereocenters. The molecule has 4 aromatic rings. The van der Waals surface area contributed by atoms with Gasteiger partial charge in [-0.25, -0.2) is 9.37 Å². The largest absolute Gasteiger partial charge is 0.338 e. The Morgan fingerprint density at radius 2 is 2.12 bits per heavy atom. The fourth-order valence-corrected chi connectivity index (χ4v) is 3.30. The molecule has 0 aliphatic rings. The molecule has 0 bridgehead atoms. The lowest BCUT2D eigenvalue weighted by Crippen LogP contribution is -1.85. The normalized spacial score (nSPS) is 11.0. The van der Waals surface area contributed by atoms with Crippen LogP contribution in [0.25, 0.3) is 22.8 Å². The van der Waals surface area contributed by atoms with E-state index in [0.717, 1.165) is 5.56 Å². The average molecular weight is 359 g/mol. The van der Waals surface area contributed by atoms with E-state index in [4.69, 9.17) is 4.52 Å². The fraction of sp³-hybridized carbons (Fsp3) is 0.0667. The third-order valence-electron chi connectivity index (χ3n) is 3.17. The number of thiophene rings is 1. The molecule has 0 fully saturated rings. The average Bonchev–Trinajstić information content (AvgIpc) is 3.34. The van der Waals surface area contributed by atoms with Crippen LogP contribution in [0.2, 0.25) is 0 Å². The van der Waals surface area contributed by atoms with Crippen molar-refractivity contribution in [3.05, 3.63) is 52.8 Å². The van der Waals surface area contributed by atoms with E-state index in [1.807, 2.05) is 16.8 Å². The second-order valence-corrected chi connectivity index (χ2v) is 6.48. The Morgan fingerprint density at radius 3 is 2.96 bits per heavy atom. The molecular weight excluding hydrogens is 349 g/mol. The molecule has 0 saturated heterocycles. The second-order valence-electron chi connectivity index (χ2n) is 4.76. The highest BCUT2D eigenvalue weighted by molar-refractivity contribution is 7.98. The molecule has 0 spiro atoms. The second kappa shape index (κ2) is 6.54. The summed E-state index contributed by atoms with van der Waals surface area (Å²) in [4.78, 5) is 8.61. The summed E-state index contributed by atoms with van der Waals surface area (Å²) in [5.74, 6) is 1.53. The fourth-order valence-electron chi connectivity index (χ4n) is 2.03.